The fourth-order valence-electron chi connectivity index (χ4n) is 2.18. The van der Waals surface area contributed by atoms with E-state index in [0.29, 0.717) is 0 Å². The van der Waals surface area contributed by atoms with Crippen molar-refractivity contribution in [2.75, 3.05) is 0 Å². The Morgan fingerprint density at radius 3 is 2.70 bits per heavy atom. The summed E-state index contributed by atoms with van der Waals surface area (Å²) >= 11 is 3.42. The first-order valence-corrected chi connectivity index (χ1v) is 6.94. The highest BCUT2D eigenvalue weighted by atomic mass is 79.9. The molecule has 20 heavy (non-hydrogen) atoms. The second-order valence-corrected chi connectivity index (χ2v) is 5.48. The second kappa shape index (κ2) is 5.09. The van der Waals surface area contributed by atoms with E-state index in [2.05, 4.69) is 21.0 Å². The maximum absolute atomic E-state index is 11.4. The molecule has 4 nitrogen and oxygen atoms in total. The number of carbonyl (C=O) groups excluding carboxylic acids is 1. The minimum absolute atomic E-state index is 0.279. The second-order valence-electron chi connectivity index (χ2n) is 4.56. The highest BCUT2D eigenvalue weighted by molar-refractivity contribution is 9.10. The molecule has 3 aromatic rings. The molecule has 0 spiro atoms. The van der Waals surface area contributed by atoms with Gasteiger partial charge in [0.05, 0.1) is 5.52 Å². The van der Waals surface area contributed by atoms with Gasteiger partial charge < -0.3 is 5.73 Å². The van der Waals surface area contributed by atoms with Crippen molar-refractivity contribution < 1.29 is 4.79 Å². The summed E-state index contributed by atoms with van der Waals surface area (Å²) in [5.41, 5.74) is 8.79. The standard InChI is InChI=1S/C15H12BrN3O/c16-12-5-3-10(4-6-12)8-11-9-13(15(17)20)18-19-7-1-2-14(11)19/h1-7,9H,8H2,(H2,17,20). The van der Waals surface area contributed by atoms with Crippen molar-refractivity contribution in [2.45, 2.75) is 6.42 Å². The van der Waals surface area contributed by atoms with Crippen molar-refractivity contribution >= 4 is 27.4 Å². The van der Waals surface area contributed by atoms with Gasteiger partial charge in [-0.3, -0.25) is 4.79 Å². The quantitative estimate of drug-likeness (QED) is 0.803. The van der Waals surface area contributed by atoms with Crippen LogP contribution in [0.4, 0.5) is 0 Å². The summed E-state index contributed by atoms with van der Waals surface area (Å²) in [6.45, 7) is 0. The van der Waals surface area contributed by atoms with E-state index in [9.17, 15) is 4.79 Å². The molecule has 5 heteroatoms. The summed E-state index contributed by atoms with van der Waals surface area (Å²) in [7, 11) is 0. The van der Waals surface area contributed by atoms with Gasteiger partial charge in [0.15, 0.2) is 0 Å². The molecule has 0 saturated heterocycles. The van der Waals surface area contributed by atoms with Crippen LogP contribution in [0.2, 0.25) is 0 Å². The van der Waals surface area contributed by atoms with Crippen LogP contribution < -0.4 is 5.73 Å². The summed E-state index contributed by atoms with van der Waals surface area (Å²) in [4.78, 5) is 11.4. The Morgan fingerprint density at radius 2 is 2.00 bits per heavy atom. The zero-order valence-corrected chi connectivity index (χ0v) is 12.2. The van der Waals surface area contributed by atoms with Crippen molar-refractivity contribution in [1.82, 2.24) is 9.61 Å². The van der Waals surface area contributed by atoms with Crippen LogP contribution in [0.25, 0.3) is 5.52 Å². The van der Waals surface area contributed by atoms with Gasteiger partial charge >= 0.3 is 0 Å². The lowest BCUT2D eigenvalue weighted by Crippen LogP contribution is -2.15. The van der Waals surface area contributed by atoms with Crippen LogP contribution in [0, 0.1) is 0 Å². The van der Waals surface area contributed by atoms with Gasteiger partial charge in [-0.05, 0) is 47.9 Å². The molecule has 0 saturated carbocycles. The van der Waals surface area contributed by atoms with E-state index in [1.165, 1.54) is 0 Å². The molecular formula is C15H12BrN3O. The van der Waals surface area contributed by atoms with Crippen LogP contribution in [0.1, 0.15) is 21.6 Å². The van der Waals surface area contributed by atoms with E-state index in [1.807, 2.05) is 42.6 Å². The van der Waals surface area contributed by atoms with Crippen LogP contribution in [0.15, 0.2) is 53.1 Å². The van der Waals surface area contributed by atoms with Gasteiger partial charge in [0.25, 0.3) is 5.91 Å². The first kappa shape index (κ1) is 12.9. The average Bonchev–Trinajstić information content (AvgIpc) is 2.89. The molecule has 0 aliphatic carbocycles. The number of nitrogens with two attached hydrogens (primary N) is 1. The molecule has 0 aliphatic heterocycles. The zero-order chi connectivity index (χ0) is 14.1. The Kier molecular flexibility index (Phi) is 3.28. The molecule has 2 heterocycles. The number of amides is 1. The van der Waals surface area contributed by atoms with Crippen LogP contribution in [-0.4, -0.2) is 15.5 Å². The van der Waals surface area contributed by atoms with Gasteiger partial charge in [-0.15, -0.1) is 0 Å². The molecule has 0 bridgehead atoms. The molecule has 1 aromatic carbocycles. The number of fused-ring (bicyclic) bond motifs is 1. The SMILES string of the molecule is NC(=O)c1cc(Cc2ccc(Br)cc2)c2cccn2n1. The molecular weight excluding hydrogens is 318 g/mol. The smallest absolute Gasteiger partial charge is 0.269 e. The number of nitrogens with zero attached hydrogens (tertiary/aromatic N) is 2. The third kappa shape index (κ3) is 2.44. The molecule has 0 aliphatic rings. The van der Waals surface area contributed by atoms with Gasteiger partial charge in [0.2, 0.25) is 0 Å². The van der Waals surface area contributed by atoms with Crippen LogP contribution in [0.5, 0.6) is 0 Å². The molecule has 100 valence electrons. The number of rotatable bonds is 3. The maximum Gasteiger partial charge on any atom is 0.269 e. The molecule has 3 rings (SSSR count). The molecule has 0 fully saturated rings. The Hall–Kier alpha value is -2.14. The van der Waals surface area contributed by atoms with Gasteiger partial charge in [-0.25, -0.2) is 4.52 Å². The molecule has 0 radical (unpaired) electrons. The minimum Gasteiger partial charge on any atom is -0.364 e. The maximum atomic E-state index is 11.4. The predicted molar refractivity (Wildman–Crippen MR) is 80.7 cm³/mol. The number of aromatic nitrogens is 2. The fourth-order valence-corrected chi connectivity index (χ4v) is 2.45. The summed E-state index contributed by atoms with van der Waals surface area (Å²) < 4.78 is 2.73. The summed E-state index contributed by atoms with van der Waals surface area (Å²) in [6.07, 6.45) is 2.54. The summed E-state index contributed by atoms with van der Waals surface area (Å²) in [5, 5.41) is 4.19. The van der Waals surface area contributed by atoms with E-state index in [4.69, 9.17) is 5.73 Å². The highest BCUT2D eigenvalue weighted by Crippen LogP contribution is 2.18. The lowest BCUT2D eigenvalue weighted by atomic mass is 10.0. The van der Waals surface area contributed by atoms with Crippen LogP contribution in [-0.2, 0) is 6.42 Å². The lowest BCUT2D eigenvalue weighted by molar-refractivity contribution is 0.0994. The zero-order valence-electron chi connectivity index (χ0n) is 10.6. The van der Waals surface area contributed by atoms with Crippen molar-refractivity contribution in [3.8, 4) is 0 Å². The number of carbonyl (C=O) groups is 1. The van der Waals surface area contributed by atoms with Crippen molar-refractivity contribution in [2.24, 2.45) is 5.73 Å². The van der Waals surface area contributed by atoms with E-state index in [-0.39, 0.29) is 5.69 Å². The molecule has 0 atom stereocenters. The van der Waals surface area contributed by atoms with Crippen molar-refractivity contribution in [3.05, 3.63) is 70.0 Å². The normalized spacial score (nSPS) is 10.8. The van der Waals surface area contributed by atoms with Crippen LogP contribution in [0.3, 0.4) is 0 Å². The molecule has 2 aromatic heterocycles. The summed E-state index contributed by atoms with van der Waals surface area (Å²) in [6, 6.07) is 13.7. The Labute approximate surface area is 124 Å². The van der Waals surface area contributed by atoms with E-state index in [0.717, 1.165) is 27.5 Å². The van der Waals surface area contributed by atoms with E-state index >= 15 is 0 Å². The van der Waals surface area contributed by atoms with Crippen molar-refractivity contribution in [3.63, 3.8) is 0 Å². The average molecular weight is 330 g/mol. The van der Waals surface area contributed by atoms with Crippen molar-refractivity contribution in [1.29, 1.82) is 0 Å². The van der Waals surface area contributed by atoms with Gasteiger partial charge in [-0.1, -0.05) is 28.1 Å². The molecule has 1 amide bonds. The Balaban J connectivity index is 2.07. The first-order valence-electron chi connectivity index (χ1n) is 6.15. The highest BCUT2D eigenvalue weighted by Gasteiger charge is 2.10. The third-order valence-corrected chi connectivity index (χ3v) is 3.67. The number of hydrogen-bond donors (Lipinski definition) is 1. The largest absolute Gasteiger partial charge is 0.364 e. The molecule has 2 N–H and O–H groups in total. The van der Waals surface area contributed by atoms with Crippen LogP contribution >= 0.6 is 15.9 Å². The number of primary amides is 1. The van der Waals surface area contributed by atoms with E-state index < -0.39 is 5.91 Å². The first-order chi connectivity index (χ1) is 9.63. The number of halogens is 1. The minimum atomic E-state index is -0.516. The van der Waals surface area contributed by atoms with Gasteiger partial charge in [0.1, 0.15) is 5.69 Å². The van der Waals surface area contributed by atoms with Gasteiger partial charge in [-0.2, -0.15) is 5.10 Å². The Morgan fingerprint density at radius 1 is 1.25 bits per heavy atom. The fraction of sp³-hybridized carbons (Fsp3) is 0.0667. The third-order valence-electron chi connectivity index (χ3n) is 3.14. The van der Waals surface area contributed by atoms with E-state index in [1.54, 1.807) is 10.6 Å². The Bertz CT molecular complexity index is 777. The van der Waals surface area contributed by atoms with Gasteiger partial charge in [0, 0.05) is 10.7 Å². The molecule has 0 unspecified atom stereocenters. The topological polar surface area (TPSA) is 60.4 Å². The number of benzene rings is 1. The lowest BCUT2D eigenvalue weighted by Gasteiger charge is -2.07. The monoisotopic (exact) mass is 329 g/mol. The predicted octanol–water partition coefficient (Wildman–Crippen LogP) is 2.79. The summed E-state index contributed by atoms with van der Waals surface area (Å²) in [5.74, 6) is -0.516. The number of hydrogen-bond acceptors (Lipinski definition) is 2.